The fourth-order valence-electron chi connectivity index (χ4n) is 4.14. The number of hydrogen-bond donors (Lipinski definition) is 0. The van der Waals surface area contributed by atoms with Gasteiger partial charge in [-0.05, 0) is 59.2 Å². The van der Waals surface area contributed by atoms with Crippen molar-refractivity contribution in [1.82, 2.24) is 9.80 Å². The number of amides is 1. The van der Waals surface area contributed by atoms with Gasteiger partial charge in [-0.15, -0.1) is 0 Å². The van der Waals surface area contributed by atoms with Crippen molar-refractivity contribution in [3.63, 3.8) is 0 Å². The zero-order valence-corrected chi connectivity index (χ0v) is 20.3. The van der Waals surface area contributed by atoms with Gasteiger partial charge in [0.2, 0.25) is 5.91 Å². The van der Waals surface area contributed by atoms with Gasteiger partial charge in [0.25, 0.3) is 0 Å². The number of ether oxygens (including phenoxy) is 2. The first-order valence-electron chi connectivity index (χ1n) is 12.0. The highest BCUT2D eigenvalue weighted by molar-refractivity contribution is 5.91. The molecule has 0 unspecified atom stereocenters. The number of methoxy groups -OCH3 is 1. The average molecular weight is 493 g/mol. The molecule has 0 aromatic heterocycles. The molecule has 5 nitrogen and oxygen atoms in total. The number of rotatable bonds is 9. The van der Waals surface area contributed by atoms with Crippen molar-refractivity contribution in [2.24, 2.45) is 0 Å². The maximum Gasteiger partial charge on any atom is 0.246 e. The maximum atomic E-state index is 13.4. The molecule has 4 rings (SSSR count). The Morgan fingerprint density at radius 2 is 1.42 bits per heavy atom. The zero-order valence-electron chi connectivity index (χ0n) is 20.3. The van der Waals surface area contributed by atoms with Crippen LogP contribution >= 0.6 is 0 Å². The Morgan fingerprint density at radius 3 is 1.94 bits per heavy atom. The third-order valence-corrected chi connectivity index (χ3v) is 6.26. The monoisotopic (exact) mass is 492 g/mol. The Morgan fingerprint density at radius 1 is 0.861 bits per heavy atom. The fraction of sp³-hybridized carbons (Fsp3) is 0.276. The number of hydrogen-bond acceptors (Lipinski definition) is 4. The molecule has 0 bridgehead atoms. The Labute approximate surface area is 210 Å². The predicted molar refractivity (Wildman–Crippen MR) is 136 cm³/mol. The Balaban J connectivity index is 1.26. The first-order chi connectivity index (χ1) is 17.5. The maximum absolute atomic E-state index is 13.4. The molecule has 1 aliphatic rings. The number of carbonyl (C=O) groups is 1. The van der Waals surface area contributed by atoms with E-state index in [-0.39, 0.29) is 17.5 Å². The lowest BCUT2D eigenvalue weighted by Gasteiger charge is -2.34. The summed E-state index contributed by atoms with van der Waals surface area (Å²) in [4.78, 5) is 16.7. The van der Waals surface area contributed by atoms with E-state index in [0.717, 1.165) is 35.5 Å². The lowest BCUT2D eigenvalue weighted by molar-refractivity contribution is -0.127. The highest BCUT2D eigenvalue weighted by Crippen LogP contribution is 2.26. The van der Waals surface area contributed by atoms with E-state index in [1.54, 1.807) is 37.5 Å². The van der Waals surface area contributed by atoms with Crippen molar-refractivity contribution in [3.05, 3.63) is 107 Å². The molecular formula is C29H30F2N2O3. The minimum atomic E-state index is -0.419. The number of carbonyl (C=O) groups excluding carboxylic acids is 1. The minimum absolute atomic E-state index is 0.00518. The zero-order chi connectivity index (χ0) is 25.3. The molecule has 0 aliphatic carbocycles. The van der Waals surface area contributed by atoms with Crippen molar-refractivity contribution >= 4 is 12.0 Å². The molecule has 0 spiro atoms. The van der Waals surface area contributed by atoms with Crippen LogP contribution in [0.2, 0.25) is 0 Å². The van der Waals surface area contributed by atoms with E-state index >= 15 is 0 Å². The number of benzene rings is 3. The van der Waals surface area contributed by atoms with Gasteiger partial charge in [0.15, 0.2) is 0 Å². The van der Waals surface area contributed by atoms with Crippen LogP contribution in [-0.2, 0) is 9.53 Å². The van der Waals surface area contributed by atoms with E-state index in [4.69, 9.17) is 9.47 Å². The smallest absolute Gasteiger partial charge is 0.246 e. The van der Waals surface area contributed by atoms with Crippen LogP contribution in [0.4, 0.5) is 8.78 Å². The fourth-order valence-corrected chi connectivity index (χ4v) is 4.14. The summed E-state index contributed by atoms with van der Waals surface area (Å²) in [6.07, 6.45) is 3.00. The van der Waals surface area contributed by atoms with Crippen LogP contribution in [0.3, 0.4) is 0 Å². The van der Waals surface area contributed by atoms with Gasteiger partial charge < -0.3 is 14.4 Å². The third kappa shape index (κ3) is 6.99. The molecule has 1 saturated heterocycles. The second kappa shape index (κ2) is 12.4. The second-order valence-electron chi connectivity index (χ2n) is 8.63. The largest absolute Gasteiger partial charge is 0.497 e. The summed E-state index contributed by atoms with van der Waals surface area (Å²) in [5.41, 5.74) is 2.56. The number of halogens is 2. The Kier molecular flexibility index (Phi) is 8.81. The summed E-state index contributed by atoms with van der Waals surface area (Å²) in [6.45, 7) is 3.94. The predicted octanol–water partition coefficient (Wildman–Crippen LogP) is 4.94. The lowest BCUT2D eigenvalue weighted by atomic mass is 10.0. The second-order valence-corrected chi connectivity index (χ2v) is 8.63. The summed E-state index contributed by atoms with van der Waals surface area (Å²) < 4.78 is 38.2. The first-order valence-corrected chi connectivity index (χ1v) is 12.0. The average Bonchev–Trinajstić information content (AvgIpc) is 2.92. The van der Waals surface area contributed by atoms with Gasteiger partial charge in [0, 0.05) is 38.8 Å². The molecule has 3 aromatic rings. The van der Waals surface area contributed by atoms with Crippen LogP contribution in [0.15, 0.2) is 78.9 Å². The van der Waals surface area contributed by atoms with Crippen molar-refractivity contribution < 1.29 is 23.0 Å². The number of nitrogens with zero attached hydrogens (tertiary/aromatic N) is 2. The van der Waals surface area contributed by atoms with E-state index in [9.17, 15) is 13.6 Å². The highest BCUT2D eigenvalue weighted by Gasteiger charge is 2.21. The SMILES string of the molecule is COc1ccc(/C=C/C(=O)N2CCN(CCOC(c3ccc(F)cc3)c3ccc(F)cc3)CC2)cc1. The molecule has 0 N–H and O–H groups in total. The van der Waals surface area contributed by atoms with Crippen molar-refractivity contribution in [2.45, 2.75) is 6.10 Å². The van der Waals surface area contributed by atoms with E-state index in [2.05, 4.69) is 4.90 Å². The van der Waals surface area contributed by atoms with Gasteiger partial charge in [-0.2, -0.15) is 0 Å². The van der Waals surface area contributed by atoms with Gasteiger partial charge in [-0.3, -0.25) is 9.69 Å². The van der Waals surface area contributed by atoms with E-state index in [1.165, 1.54) is 24.3 Å². The highest BCUT2D eigenvalue weighted by atomic mass is 19.1. The standard InChI is InChI=1S/C29H30F2N2O3/c1-35-27-13-2-22(3-14-27)4-15-28(34)33-18-16-32(17-19-33)20-21-36-29(23-5-9-25(30)10-6-23)24-7-11-26(31)12-8-24/h2-15,29H,16-21H2,1H3/b15-4+. The molecule has 1 fully saturated rings. The van der Waals surface area contributed by atoms with Crippen LogP contribution in [-0.4, -0.2) is 62.1 Å². The molecule has 3 aromatic carbocycles. The summed E-state index contributed by atoms with van der Waals surface area (Å²) in [5.74, 6) is 0.139. The van der Waals surface area contributed by atoms with Crippen LogP contribution in [0, 0.1) is 11.6 Å². The van der Waals surface area contributed by atoms with Crippen molar-refractivity contribution in [1.29, 1.82) is 0 Å². The van der Waals surface area contributed by atoms with Gasteiger partial charge in [0.1, 0.15) is 23.5 Å². The van der Waals surface area contributed by atoms with Crippen molar-refractivity contribution in [3.8, 4) is 5.75 Å². The molecule has 1 amide bonds. The Bertz CT molecular complexity index is 1100. The molecule has 1 aliphatic heterocycles. The molecular weight excluding hydrogens is 462 g/mol. The number of piperazine rings is 1. The third-order valence-electron chi connectivity index (χ3n) is 6.26. The molecule has 0 radical (unpaired) electrons. The van der Waals surface area contributed by atoms with Crippen LogP contribution < -0.4 is 4.74 Å². The van der Waals surface area contributed by atoms with Crippen LogP contribution in [0.1, 0.15) is 22.8 Å². The summed E-state index contributed by atoms with van der Waals surface area (Å²) in [7, 11) is 1.62. The quantitative estimate of drug-likeness (QED) is 0.397. The first kappa shape index (κ1) is 25.5. The topological polar surface area (TPSA) is 42.0 Å². The minimum Gasteiger partial charge on any atom is -0.497 e. The molecule has 1 heterocycles. The molecule has 0 saturated carbocycles. The van der Waals surface area contributed by atoms with E-state index in [0.29, 0.717) is 26.2 Å². The van der Waals surface area contributed by atoms with Gasteiger partial charge in [-0.25, -0.2) is 8.78 Å². The van der Waals surface area contributed by atoms with Crippen LogP contribution in [0.25, 0.3) is 6.08 Å². The molecule has 7 heteroatoms. The van der Waals surface area contributed by atoms with Crippen LogP contribution in [0.5, 0.6) is 5.75 Å². The van der Waals surface area contributed by atoms with Gasteiger partial charge in [0.05, 0.1) is 13.7 Å². The summed E-state index contributed by atoms with van der Waals surface area (Å²) in [5, 5.41) is 0. The Hall–Kier alpha value is -3.55. The molecule has 188 valence electrons. The molecule has 36 heavy (non-hydrogen) atoms. The van der Waals surface area contributed by atoms with Gasteiger partial charge in [-0.1, -0.05) is 36.4 Å². The lowest BCUT2D eigenvalue weighted by Crippen LogP contribution is -2.49. The van der Waals surface area contributed by atoms with Gasteiger partial charge >= 0.3 is 0 Å². The normalized spacial score (nSPS) is 14.5. The summed E-state index contributed by atoms with van der Waals surface area (Å²) in [6, 6.07) is 19.9. The van der Waals surface area contributed by atoms with Crippen molar-refractivity contribution in [2.75, 3.05) is 46.4 Å². The van der Waals surface area contributed by atoms with E-state index < -0.39 is 6.10 Å². The van der Waals surface area contributed by atoms with E-state index in [1.807, 2.05) is 35.2 Å². The molecule has 0 atom stereocenters. The summed E-state index contributed by atoms with van der Waals surface area (Å²) >= 11 is 0.